The minimum Gasteiger partial charge on any atom is -0.340 e. The van der Waals surface area contributed by atoms with Crippen LogP contribution < -0.4 is 0 Å². The predicted octanol–water partition coefficient (Wildman–Crippen LogP) is 1.35. The molecule has 100 valence electrons. The summed E-state index contributed by atoms with van der Waals surface area (Å²) in [5, 5.41) is 0.935. The number of aryl methyl sites for hydroxylation is 1. The van der Waals surface area contributed by atoms with Crippen LogP contribution in [-0.4, -0.2) is 35.5 Å². The third kappa shape index (κ3) is 1.83. The van der Waals surface area contributed by atoms with Crippen molar-refractivity contribution >= 4 is 26.8 Å². The molecule has 1 aromatic heterocycles. The van der Waals surface area contributed by atoms with Crippen LogP contribution in [0.2, 0.25) is 0 Å². The third-order valence-electron chi connectivity index (χ3n) is 3.50. The minimum absolute atomic E-state index is 0.0582. The van der Waals surface area contributed by atoms with Crippen molar-refractivity contribution in [3.05, 3.63) is 36.0 Å². The van der Waals surface area contributed by atoms with Crippen LogP contribution in [0.1, 0.15) is 16.9 Å². The van der Waals surface area contributed by atoms with Crippen molar-refractivity contribution in [1.29, 1.82) is 0 Å². The van der Waals surface area contributed by atoms with E-state index in [4.69, 9.17) is 0 Å². The first-order valence-electron chi connectivity index (χ1n) is 6.10. The number of sulfonamides is 1. The van der Waals surface area contributed by atoms with Crippen molar-refractivity contribution in [2.24, 2.45) is 7.05 Å². The molecule has 0 atom stereocenters. The molecule has 1 amide bonds. The molecule has 5 nitrogen and oxygen atoms in total. The number of fused-ring (bicyclic) bond motifs is 1. The van der Waals surface area contributed by atoms with Crippen molar-refractivity contribution in [3.8, 4) is 0 Å². The fraction of sp³-hybridized carbons (Fsp3) is 0.308. The second-order valence-corrected chi connectivity index (χ2v) is 6.71. The van der Waals surface area contributed by atoms with Crippen LogP contribution in [0.5, 0.6) is 0 Å². The Morgan fingerprint density at radius 1 is 1.26 bits per heavy atom. The van der Waals surface area contributed by atoms with E-state index in [9.17, 15) is 13.2 Å². The molecule has 1 aliphatic heterocycles. The second-order valence-electron chi connectivity index (χ2n) is 4.69. The monoisotopic (exact) mass is 278 g/mol. The van der Waals surface area contributed by atoms with Gasteiger partial charge in [0.25, 0.3) is 5.91 Å². The van der Waals surface area contributed by atoms with E-state index in [0.717, 1.165) is 15.2 Å². The minimum atomic E-state index is -3.42. The van der Waals surface area contributed by atoms with Gasteiger partial charge in [0.05, 0.1) is 5.75 Å². The number of para-hydroxylation sites is 1. The molecule has 1 aliphatic rings. The summed E-state index contributed by atoms with van der Waals surface area (Å²) in [6.45, 7) is 0.280. The van der Waals surface area contributed by atoms with E-state index in [2.05, 4.69) is 0 Å². The summed E-state index contributed by atoms with van der Waals surface area (Å²) in [6, 6.07) is 9.34. The molecule has 1 aromatic carbocycles. The van der Waals surface area contributed by atoms with Gasteiger partial charge in [0.2, 0.25) is 10.0 Å². The van der Waals surface area contributed by atoms with Crippen molar-refractivity contribution in [2.75, 3.05) is 12.3 Å². The Labute approximate surface area is 111 Å². The summed E-state index contributed by atoms with van der Waals surface area (Å²) in [5.74, 6) is -0.376. The Morgan fingerprint density at radius 2 is 2.00 bits per heavy atom. The standard InChI is InChI=1S/C13H14N2O3S/c1-14-11-6-3-2-5-10(11)9-12(14)13(16)15-7-4-8-19(15,17)18/h2-3,5-6,9H,4,7-8H2,1H3. The summed E-state index contributed by atoms with van der Waals surface area (Å²) in [7, 11) is -1.64. The summed E-state index contributed by atoms with van der Waals surface area (Å²) >= 11 is 0. The molecule has 0 radical (unpaired) electrons. The molecule has 0 N–H and O–H groups in total. The molecular weight excluding hydrogens is 264 g/mol. The van der Waals surface area contributed by atoms with E-state index in [1.54, 1.807) is 17.7 Å². The van der Waals surface area contributed by atoms with Crippen LogP contribution in [0.3, 0.4) is 0 Å². The van der Waals surface area contributed by atoms with Crippen molar-refractivity contribution < 1.29 is 13.2 Å². The van der Waals surface area contributed by atoms with Crippen LogP contribution in [0, 0.1) is 0 Å². The molecule has 1 saturated heterocycles. The largest absolute Gasteiger partial charge is 0.340 e. The highest BCUT2D eigenvalue weighted by atomic mass is 32.2. The van der Waals surface area contributed by atoms with Crippen LogP contribution in [0.25, 0.3) is 10.9 Å². The predicted molar refractivity (Wildman–Crippen MR) is 72.4 cm³/mol. The molecule has 2 heterocycles. The molecule has 0 bridgehead atoms. The molecule has 3 rings (SSSR count). The highest BCUT2D eigenvalue weighted by Gasteiger charge is 2.34. The number of aromatic nitrogens is 1. The lowest BCUT2D eigenvalue weighted by molar-refractivity contribution is 0.0861. The number of rotatable bonds is 1. The number of amides is 1. The maximum Gasteiger partial charge on any atom is 0.283 e. The molecule has 0 spiro atoms. The Bertz CT molecular complexity index is 761. The van der Waals surface area contributed by atoms with E-state index in [1.807, 2.05) is 24.3 Å². The molecule has 0 saturated carbocycles. The molecule has 6 heteroatoms. The van der Waals surface area contributed by atoms with Gasteiger partial charge >= 0.3 is 0 Å². The Balaban J connectivity index is 2.10. The average Bonchev–Trinajstić information content (AvgIpc) is 2.90. The Kier molecular flexibility index (Phi) is 2.63. The number of benzene rings is 1. The molecule has 0 unspecified atom stereocenters. The van der Waals surface area contributed by atoms with Gasteiger partial charge in [-0.15, -0.1) is 0 Å². The normalized spacial score (nSPS) is 18.1. The quantitative estimate of drug-likeness (QED) is 0.791. The van der Waals surface area contributed by atoms with Gasteiger partial charge in [0.15, 0.2) is 0 Å². The zero-order valence-corrected chi connectivity index (χ0v) is 11.4. The lowest BCUT2D eigenvalue weighted by Gasteiger charge is -2.15. The maximum atomic E-state index is 12.4. The SMILES string of the molecule is Cn1c(C(=O)N2CCCS2(=O)=O)cc2ccccc21. The van der Waals surface area contributed by atoms with E-state index < -0.39 is 15.9 Å². The van der Waals surface area contributed by atoms with Crippen LogP contribution in [0.15, 0.2) is 30.3 Å². The maximum absolute atomic E-state index is 12.4. The van der Waals surface area contributed by atoms with Crippen LogP contribution in [0.4, 0.5) is 0 Å². The zero-order chi connectivity index (χ0) is 13.6. The lowest BCUT2D eigenvalue weighted by Crippen LogP contribution is -2.33. The molecule has 19 heavy (non-hydrogen) atoms. The lowest BCUT2D eigenvalue weighted by atomic mass is 10.2. The van der Waals surface area contributed by atoms with Crippen molar-refractivity contribution in [1.82, 2.24) is 8.87 Å². The van der Waals surface area contributed by atoms with Gasteiger partial charge in [0.1, 0.15) is 5.69 Å². The second kappa shape index (κ2) is 4.09. The van der Waals surface area contributed by atoms with Crippen LogP contribution in [-0.2, 0) is 17.1 Å². The van der Waals surface area contributed by atoms with Crippen molar-refractivity contribution in [3.63, 3.8) is 0 Å². The number of carbonyl (C=O) groups is 1. The highest BCUT2D eigenvalue weighted by Crippen LogP contribution is 2.22. The van der Waals surface area contributed by atoms with Gasteiger partial charge in [-0.3, -0.25) is 4.79 Å². The van der Waals surface area contributed by atoms with E-state index in [0.29, 0.717) is 12.1 Å². The average molecular weight is 278 g/mol. The van der Waals surface area contributed by atoms with E-state index in [-0.39, 0.29) is 12.3 Å². The van der Waals surface area contributed by atoms with E-state index >= 15 is 0 Å². The number of nitrogens with zero attached hydrogens (tertiary/aromatic N) is 2. The number of hydrogen-bond donors (Lipinski definition) is 0. The highest BCUT2D eigenvalue weighted by molar-refractivity contribution is 7.89. The summed E-state index contributed by atoms with van der Waals surface area (Å²) in [6.07, 6.45) is 0.512. The Morgan fingerprint density at radius 3 is 2.63 bits per heavy atom. The number of hydrogen-bond acceptors (Lipinski definition) is 3. The fourth-order valence-corrected chi connectivity index (χ4v) is 3.96. The Hall–Kier alpha value is -1.82. The van der Waals surface area contributed by atoms with Gasteiger partial charge in [0, 0.05) is 24.5 Å². The zero-order valence-electron chi connectivity index (χ0n) is 10.5. The first-order chi connectivity index (χ1) is 9.00. The van der Waals surface area contributed by atoms with Crippen LogP contribution >= 0.6 is 0 Å². The van der Waals surface area contributed by atoms with Crippen molar-refractivity contribution in [2.45, 2.75) is 6.42 Å². The first kappa shape index (κ1) is 12.2. The summed E-state index contributed by atoms with van der Waals surface area (Å²) < 4.78 is 26.3. The van der Waals surface area contributed by atoms with Gasteiger partial charge < -0.3 is 4.57 Å². The van der Waals surface area contributed by atoms with Gasteiger partial charge in [-0.25, -0.2) is 12.7 Å². The summed E-state index contributed by atoms with van der Waals surface area (Å²) in [4.78, 5) is 12.4. The topological polar surface area (TPSA) is 59.4 Å². The smallest absolute Gasteiger partial charge is 0.283 e. The van der Waals surface area contributed by atoms with E-state index in [1.165, 1.54) is 0 Å². The van der Waals surface area contributed by atoms with Gasteiger partial charge in [-0.2, -0.15) is 0 Å². The molecule has 1 fully saturated rings. The molecule has 2 aromatic rings. The molecule has 0 aliphatic carbocycles. The summed E-state index contributed by atoms with van der Waals surface area (Å²) in [5.41, 5.74) is 1.33. The van der Waals surface area contributed by atoms with Gasteiger partial charge in [-0.1, -0.05) is 18.2 Å². The third-order valence-corrected chi connectivity index (χ3v) is 5.32. The van der Waals surface area contributed by atoms with Gasteiger partial charge in [-0.05, 0) is 18.6 Å². The number of carbonyl (C=O) groups excluding carboxylic acids is 1. The molecular formula is C13H14N2O3S. The fourth-order valence-electron chi connectivity index (χ4n) is 2.49. The first-order valence-corrected chi connectivity index (χ1v) is 7.71.